The van der Waals surface area contributed by atoms with Gasteiger partial charge >= 0.3 is 0 Å². The quantitative estimate of drug-likeness (QED) is 0.740. The molecule has 0 aliphatic carbocycles. The third-order valence-corrected chi connectivity index (χ3v) is 2.57. The van der Waals surface area contributed by atoms with E-state index in [1.807, 2.05) is 23.9 Å². The lowest BCUT2D eigenvalue weighted by Crippen LogP contribution is -2.29. The van der Waals surface area contributed by atoms with Crippen molar-refractivity contribution in [3.05, 3.63) is 18.0 Å². The highest BCUT2D eigenvalue weighted by Gasteiger charge is 2.07. The molecule has 0 saturated heterocycles. The molecular formula is C12H23N3O. The van der Waals surface area contributed by atoms with Crippen molar-refractivity contribution in [3.63, 3.8) is 0 Å². The zero-order valence-electron chi connectivity index (χ0n) is 10.5. The topological polar surface area (TPSA) is 50.1 Å². The summed E-state index contributed by atoms with van der Waals surface area (Å²) in [6.07, 6.45) is 3.47. The number of hydrogen-bond acceptors (Lipinski definition) is 3. The van der Waals surface area contributed by atoms with Crippen LogP contribution in [-0.2, 0) is 13.1 Å². The standard InChI is InChI=1S/C12H23N3O/c1-4-7-15-12(5-6-14-15)9-13-10(2)8-11(3)16/h5-6,10-11,13,16H,4,7-9H2,1-3H3. The molecule has 1 rings (SSSR count). The van der Waals surface area contributed by atoms with E-state index in [0.717, 1.165) is 25.9 Å². The molecule has 16 heavy (non-hydrogen) atoms. The maximum absolute atomic E-state index is 9.26. The van der Waals surface area contributed by atoms with Crippen LogP contribution in [0, 0.1) is 0 Å². The second-order valence-electron chi connectivity index (χ2n) is 4.41. The summed E-state index contributed by atoms with van der Waals surface area (Å²) in [6.45, 7) is 7.84. The average Bonchev–Trinajstić information content (AvgIpc) is 2.62. The van der Waals surface area contributed by atoms with E-state index in [0.29, 0.717) is 6.04 Å². The number of aromatic nitrogens is 2. The van der Waals surface area contributed by atoms with Crippen LogP contribution >= 0.6 is 0 Å². The van der Waals surface area contributed by atoms with E-state index < -0.39 is 0 Å². The summed E-state index contributed by atoms with van der Waals surface area (Å²) in [4.78, 5) is 0. The molecule has 0 aliphatic rings. The highest BCUT2D eigenvalue weighted by Crippen LogP contribution is 2.02. The van der Waals surface area contributed by atoms with Gasteiger partial charge in [-0.15, -0.1) is 0 Å². The van der Waals surface area contributed by atoms with Crippen molar-refractivity contribution in [1.29, 1.82) is 0 Å². The molecule has 2 N–H and O–H groups in total. The van der Waals surface area contributed by atoms with Gasteiger partial charge in [-0.3, -0.25) is 4.68 Å². The smallest absolute Gasteiger partial charge is 0.0526 e. The Labute approximate surface area is 97.7 Å². The second kappa shape index (κ2) is 6.66. The van der Waals surface area contributed by atoms with Gasteiger partial charge in [0.25, 0.3) is 0 Å². The predicted octanol–water partition coefficient (Wildman–Crippen LogP) is 1.54. The van der Waals surface area contributed by atoms with E-state index in [2.05, 4.69) is 24.3 Å². The van der Waals surface area contributed by atoms with E-state index in [1.54, 1.807) is 0 Å². The van der Waals surface area contributed by atoms with Gasteiger partial charge in [-0.2, -0.15) is 5.10 Å². The molecule has 1 aromatic rings. The van der Waals surface area contributed by atoms with Gasteiger partial charge in [0, 0.05) is 25.3 Å². The van der Waals surface area contributed by atoms with Gasteiger partial charge in [0.1, 0.15) is 0 Å². The van der Waals surface area contributed by atoms with Crippen LogP contribution in [0.25, 0.3) is 0 Å². The fourth-order valence-electron chi connectivity index (χ4n) is 1.80. The second-order valence-corrected chi connectivity index (χ2v) is 4.41. The number of nitrogens with zero attached hydrogens (tertiary/aromatic N) is 2. The summed E-state index contributed by atoms with van der Waals surface area (Å²) in [5, 5.41) is 16.9. The van der Waals surface area contributed by atoms with Crippen LogP contribution < -0.4 is 5.32 Å². The molecule has 2 unspecified atom stereocenters. The lowest BCUT2D eigenvalue weighted by atomic mass is 10.1. The molecule has 1 heterocycles. The van der Waals surface area contributed by atoms with E-state index in [1.165, 1.54) is 5.69 Å². The third-order valence-electron chi connectivity index (χ3n) is 2.57. The molecule has 2 atom stereocenters. The van der Waals surface area contributed by atoms with E-state index >= 15 is 0 Å². The summed E-state index contributed by atoms with van der Waals surface area (Å²) >= 11 is 0. The highest BCUT2D eigenvalue weighted by molar-refractivity contribution is 5.00. The fourth-order valence-corrected chi connectivity index (χ4v) is 1.80. The average molecular weight is 225 g/mol. The van der Waals surface area contributed by atoms with Crippen molar-refractivity contribution in [2.45, 2.75) is 58.8 Å². The predicted molar refractivity (Wildman–Crippen MR) is 65.1 cm³/mol. The number of aryl methyl sites for hydroxylation is 1. The van der Waals surface area contributed by atoms with Crippen molar-refractivity contribution in [3.8, 4) is 0 Å². The Morgan fingerprint density at radius 2 is 2.25 bits per heavy atom. The summed E-state index contributed by atoms with van der Waals surface area (Å²) in [5.41, 5.74) is 1.21. The molecule has 4 heteroatoms. The van der Waals surface area contributed by atoms with Crippen molar-refractivity contribution >= 4 is 0 Å². The first kappa shape index (κ1) is 13.2. The SMILES string of the molecule is CCCn1nccc1CNC(C)CC(C)O. The highest BCUT2D eigenvalue weighted by atomic mass is 16.3. The minimum Gasteiger partial charge on any atom is -0.393 e. The third kappa shape index (κ3) is 4.33. The minimum absolute atomic E-state index is 0.247. The van der Waals surface area contributed by atoms with Gasteiger partial charge in [0.2, 0.25) is 0 Å². The van der Waals surface area contributed by atoms with Crippen molar-refractivity contribution in [1.82, 2.24) is 15.1 Å². The molecule has 0 aliphatic heterocycles. The summed E-state index contributed by atoms with van der Waals surface area (Å²) in [7, 11) is 0. The maximum Gasteiger partial charge on any atom is 0.0526 e. The van der Waals surface area contributed by atoms with Crippen molar-refractivity contribution in [2.24, 2.45) is 0 Å². The molecule has 0 amide bonds. The molecule has 4 nitrogen and oxygen atoms in total. The molecular weight excluding hydrogens is 202 g/mol. The maximum atomic E-state index is 9.26. The fraction of sp³-hybridized carbons (Fsp3) is 0.750. The van der Waals surface area contributed by atoms with Gasteiger partial charge in [-0.1, -0.05) is 6.92 Å². The molecule has 1 aromatic heterocycles. The Morgan fingerprint density at radius 1 is 1.50 bits per heavy atom. The van der Waals surface area contributed by atoms with E-state index in [9.17, 15) is 5.11 Å². The minimum atomic E-state index is -0.247. The summed E-state index contributed by atoms with van der Waals surface area (Å²) in [6, 6.07) is 2.36. The zero-order chi connectivity index (χ0) is 12.0. The Balaban J connectivity index is 2.38. The number of aliphatic hydroxyl groups excluding tert-OH is 1. The van der Waals surface area contributed by atoms with Crippen LogP contribution in [0.1, 0.15) is 39.3 Å². The number of rotatable bonds is 7. The summed E-state index contributed by atoms with van der Waals surface area (Å²) in [5.74, 6) is 0. The molecule has 0 aromatic carbocycles. The molecule has 0 spiro atoms. The number of hydrogen-bond donors (Lipinski definition) is 2. The lowest BCUT2D eigenvalue weighted by molar-refractivity contribution is 0.170. The van der Waals surface area contributed by atoms with Crippen LogP contribution in [0.15, 0.2) is 12.3 Å². The molecule has 92 valence electrons. The Kier molecular flexibility index (Phi) is 5.49. The molecule has 0 saturated carbocycles. The van der Waals surface area contributed by atoms with Crippen LogP contribution in [0.2, 0.25) is 0 Å². The number of aliphatic hydroxyl groups is 1. The van der Waals surface area contributed by atoms with Crippen LogP contribution in [0.4, 0.5) is 0 Å². The number of nitrogens with one attached hydrogen (secondary N) is 1. The zero-order valence-corrected chi connectivity index (χ0v) is 10.5. The van der Waals surface area contributed by atoms with Gasteiger partial charge in [-0.25, -0.2) is 0 Å². The largest absolute Gasteiger partial charge is 0.393 e. The van der Waals surface area contributed by atoms with Gasteiger partial charge in [0.15, 0.2) is 0 Å². The molecule has 0 fully saturated rings. The van der Waals surface area contributed by atoms with E-state index in [-0.39, 0.29) is 6.10 Å². The summed E-state index contributed by atoms with van der Waals surface area (Å²) < 4.78 is 2.03. The molecule has 0 radical (unpaired) electrons. The molecule has 0 bridgehead atoms. The van der Waals surface area contributed by atoms with Crippen molar-refractivity contribution in [2.75, 3.05) is 0 Å². The van der Waals surface area contributed by atoms with Crippen molar-refractivity contribution < 1.29 is 5.11 Å². The first-order valence-electron chi connectivity index (χ1n) is 6.05. The normalized spacial score (nSPS) is 15.0. The lowest BCUT2D eigenvalue weighted by Gasteiger charge is -2.15. The first-order chi connectivity index (χ1) is 7.63. The van der Waals surface area contributed by atoms with Gasteiger partial charge in [0.05, 0.1) is 11.8 Å². The Hall–Kier alpha value is -0.870. The first-order valence-corrected chi connectivity index (χ1v) is 6.05. The van der Waals surface area contributed by atoms with Crippen LogP contribution in [0.3, 0.4) is 0 Å². The van der Waals surface area contributed by atoms with Crippen LogP contribution in [0.5, 0.6) is 0 Å². The van der Waals surface area contributed by atoms with E-state index in [4.69, 9.17) is 0 Å². The Bertz CT molecular complexity index is 296. The van der Waals surface area contributed by atoms with Crippen LogP contribution in [-0.4, -0.2) is 27.0 Å². The van der Waals surface area contributed by atoms with Gasteiger partial charge < -0.3 is 10.4 Å². The van der Waals surface area contributed by atoms with Gasteiger partial charge in [-0.05, 0) is 32.8 Å². The Morgan fingerprint density at radius 3 is 2.88 bits per heavy atom. The monoisotopic (exact) mass is 225 g/mol.